The highest BCUT2D eigenvalue weighted by Gasteiger charge is 2.46. The molecule has 1 aromatic carbocycles. The number of aryl methyl sites for hydroxylation is 1. The molecular formula is C23H30F3N3O3. The van der Waals surface area contributed by atoms with Crippen molar-refractivity contribution in [2.24, 2.45) is 5.41 Å². The van der Waals surface area contributed by atoms with E-state index in [1.807, 2.05) is 4.90 Å². The summed E-state index contributed by atoms with van der Waals surface area (Å²) in [6.45, 7) is 6.58. The molecule has 4 rings (SSSR count). The third kappa shape index (κ3) is 4.58. The van der Waals surface area contributed by atoms with Gasteiger partial charge in [0.1, 0.15) is 0 Å². The Kier molecular flexibility index (Phi) is 6.13. The van der Waals surface area contributed by atoms with E-state index in [4.69, 9.17) is 0 Å². The predicted octanol–water partition coefficient (Wildman–Crippen LogP) is 3.97. The summed E-state index contributed by atoms with van der Waals surface area (Å²) in [4.78, 5) is 29.8. The zero-order valence-corrected chi connectivity index (χ0v) is 18.6. The highest BCUT2D eigenvalue weighted by molar-refractivity contribution is 5.93. The third-order valence-electron chi connectivity index (χ3n) is 7.01. The standard InChI is InChI=1S/C23H30F3N3O3/c1-16(23(24,25)26)32-21(31)28-11-8-22(9-12-28)14-27(15-22)13-19-6-3-5-18-7-4-10-29(17(2)30)20(18)19/h3,5-6,16H,4,7-15H2,1-2H3. The number of fused-ring (bicyclic) bond motifs is 1. The number of likely N-dealkylation sites (tertiary alicyclic amines) is 2. The lowest BCUT2D eigenvalue weighted by atomic mass is 9.72. The topological polar surface area (TPSA) is 53.1 Å². The summed E-state index contributed by atoms with van der Waals surface area (Å²) < 4.78 is 42.5. The molecule has 32 heavy (non-hydrogen) atoms. The minimum absolute atomic E-state index is 0.0672. The molecule has 3 heterocycles. The molecule has 176 valence electrons. The first-order chi connectivity index (χ1) is 15.1. The van der Waals surface area contributed by atoms with Crippen LogP contribution in [-0.4, -0.2) is 66.8 Å². The maximum absolute atomic E-state index is 12.6. The van der Waals surface area contributed by atoms with Crippen LogP contribution in [-0.2, 0) is 22.5 Å². The van der Waals surface area contributed by atoms with Crippen LogP contribution in [0.25, 0.3) is 0 Å². The van der Waals surface area contributed by atoms with E-state index in [2.05, 4.69) is 27.8 Å². The van der Waals surface area contributed by atoms with Gasteiger partial charge in [-0.1, -0.05) is 18.2 Å². The fourth-order valence-electron chi connectivity index (χ4n) is 5.20. The van der Waals surface area contributed by atoms with Gasteiger partial charge in [-0.25, -0.2) is 4.79 Å². The molecule has 2 amide bonds. The smallest absolute Gasteiger partial charge is 0.425 e. The average molecular weight is 454 g/mol. The number of nitrogens with zero attached hydrogens (tertiary/aromatic N) is 3. The van der Waals surface area contributed by atoms with Crippen LogP contribution < -0.4 is 4.90 Å². The monoisotopic (exact) mass is 453 g/mol. The Balaban J connectivity index is 1.32. The molecule has 1 aromatic rings. The van der Waals surface area contributed by atoms with Crippen molar-refractivity contribution < 1.29 is 27.5 Å². The van der Waals surface area contributed by atoms with Gasteiger partial charge in [0.25, 0.3) is 0 Å². The number of halogens is 3. The van der Waals surface area contributed by atoms with Crippen LogP contribution in [0.1, 0.15) is 44.2 Å². The zero-order chi connectivity index (χ0) is 23.1. The second-order valence-electron chi connectivity index (χ2n) is 9.40. The number of carbonyl (C=O) groups is 2. The maximum atomic E-state index is 12.6. The van der Waals surface area contributed by atoms with Crippen LogP contribution in [0, 0.1) is 5.41 Å². The number of rotatable bonds is 3. The van der Waals surface area contributed by atoms with Crippen molar-refractivity contribution in [3.8, 4) is 0 Å². The summed E-state index contributed by atoms with van der Waals surface area (Å²) >= 11 is 0. The molecule has 0 aliphatic carbocycles. The molecule has 1 unspecified atom stereocenters. The summed E-state index contributed by atoms with van der Waals surface area (Å²) in [7, 11) is 0. The van der Waals surface area contributed by atoms with Crippen molar-refractivity contribution >= 4 is 17.7 Å². The highest BCUT2D eigenvalue weighted by atomic mass is 19.4. The Morgan fingerprint density at radius 3 is 2.47 bits per heavy atom. The minimum Gasteiger partial charge on any atom is -0.437 e. The van der Waals surface area contributed by atoms with Gasteiger partial charge < -0.3 is 14.5 Å². The van der Waals surface area contributed by atoms with Crippen molar-refractivity contribution in [1.29, 1.82) is 0 Å². The molecule has 1 spiro atoms. The highest BCUT2D eigenvalue weighted by Crippen LogP contribution is 2.42. The molecule has 0 N–H and O–H groups in total. The van der Waals surface area contributed by atoms with Gasteiger partial charge in [-0.15, -0.1) is 0 Å². The van der Waals surface area contributed by atoms with Gasteiger partial charge in [-0.05, 0) is 49.1 Å². The number of piperidine rings is 1. The Hall–Kier alpha value is -2.29. The molecule has 3 aliphatic heterocycles. The van der Waals surface area contributed by atoms with E-state index >= 15 is 0 Å². The molecule has 0 bridgehead atoms. The number of alkyl halides is 3. The molecule has 2 saturated heterocycles. The van der Waals surface area contributed by atoms with Crippen LogP contribution >= 0.6 is 0 Å². The van der Waals surface area contributed by atoms with Gasteiger partial charge in [0, 0.05) is 46.2 Å². The third-order valence-corrected chi connectivity index (χ3v) is 7.01. The quantitative estimate of drug-likeness (QED) is 0.695. The first-order valence-corrected chi connectivity index (χ1v) is 11.2. The van der Waals surface area contributed by atoms with Gasteiger partial charge in [-0.2, -0.15) is 13.2 Å². The van der Waals surface area contributed by atoms with E-state index < -0.39 is 18.4 Å². The SMILES string of the molecule is CC(=O)N1CCCc2cccc(CN3CC4(CCN(C(=O)OC(C)C(F)(F)F)CC4)C3)c21. The molecule has 0 saturated carbocycles. The van der Waals surface area contributed by atoms with Crippen molar-refractivity contribution in [1.82, 2.24) is 9.80 Å². The van der Waals surface area contributed by atoms with Crippen molar-refractivity contribution in [2.45, 2.75) is 58.4 Å². The molecule has 1 atom stereocenters. The number of carbonyl (C=O) groups excluding carboxylic acids is 2. The predicted molar refractivity (Wildman–Crippen MR) is 113 cm³/mol. The van der Waals surface area contributed by atoms with E-state index in [9.17, 15) is 22.8 Å². The summed E-state index contributed by atoms with van der Waals surface area (Å²) in [5.41, 5.74) is 3.54. The van der Waals surface area contributed by atoms with Gasteiger partial charge in [0.2, 0.25) is 5.91 Å². The van der Waals surface area contributed by atoms with E-state index in [0.717, 1.165) is 70.0 Å². The number of amides is 2. The van der Waals surface area contributed by atoms with Crippen LogP contribution in [0.3, 0.4) is 0 Å². The van der Waals surface area contributed by atoms with Crippen LogP contribution in [0.15, 0.2) is 18.2 Å². The fraction of sp³-hybridized carbons (Fsp3) is 0.652. The van der Waals surface area contributed by atoms with Crippen LogP contribution in [0.2, 0.25) is 0 Å². The average Bonchev–Trinajstić information content (AvgIpc) is 2.72. The van der Waals surface area contributed by atoms with E-state index in [1.54, 1.807) is 6.92 Å². The Bertz CT molecular complexity index is 873. The lowest BCUT2D eigenvalue weighted by molar-refractivity contribution is -0.200. The molecule has 0 radical (unpaired) electrons. The van der Waals surface area contributed by atoms with Crippen LogP contribution in [0.5, 0.6) is 0 Å². The van der Waals surface area contributed by atoms with E-state index in [1.165, 1.54) is 10.5 Å². The second kappa shape index (κ2) is 8.57. The lowest BCUT2D eigenvalue weighted by Gasteiger charge is -2.54. The minimum atomic E-state index is -4.55. The maximum Gasteiger partial charge on any atom is 0.425 e. The molecule has 3 aliphatic rings. The molecule has 9 heteroatoms. The molecular weight excluding hydrogens is 423 g/mol. The molecule has 2 fully saturated rings. The number of ether oxygens (including phenoxy) is 1. The Labute approximate surface area is 186 Å². The lowest BCUT2D eigenvalue weighted by Crippen LogP contribution is -2.60. The zero-order valence-electron chi connectivity index (χ0n) is 18.6. The van der Waals surface area contributed by atoms with Gasteiger partial charge in [0.15, 0.2) is 6.10 Å². The Morgan fingerprint density at radius 1 is 1.16 bits per heavy atom. The van der Waals surface area contributed by atoms with E-state index in [-0.39, 0.29) is 11.3 Å². The normalized spacial score (nSPS) is 21.7. The Morgan fingerprint density at radius 2 is 1.84 bits per heavy atom. The van der Waals surface area contributed by atoms with Crippen molar-refractivity contribution in [2.75, 3.05) is 37.6 Å². The number of anilines is 1. The number of hydrogen-bond acceptors (Lipinski definition) is 4. The first kappa shape index (κ1) is 22.9. The summed E-state index contributed by atoms with van der Waals surface area (Å²) in [5, 5.41) is 0. The largest absolute Gasteiger partial charge is 0.437 e. The number of hydrogen-bond donors (Lipinski definition) is 0. The molecule has 6 nitrogen and oxygen atoms in total. The van der Waals surface area contributed by atoms with Gasteiger partial charge in [-0.3, -0.25) is 9.69 Å². The first-order valence-electron chi connectivity index (χ1n) is 11.2. The van der Waals surface area contributed by atoms with Crippen molar-refractivity contribution in [3.05, 3.63) is 29.3 Å². The van der Waals surface area contributed by atoms with Gasteiger partial charge >= 0.3 is 12.3 Å². The number of benzene rings is 1. The summed E-state index contributed by atoms with van der Waals surface area (Å²) in [6, 6.07) is 6.24. The fourth-order valence-corrected chi connectivity index (χ4v) is 5.20. The molecule has 0 aromatic heterocycles. The summed E-state index contributed by atoms with van der Waals surface area (Å²) in [5.74, 6) is 0.0672. The number of para-hydroxylation sites is 1. The van der Waals surface area contributed by atoms with Gasteiger partial charge in [0.05, 0.1) is 5.69 Å². The van der Waals surface area contributed by atoms with Crippen LogP contribution in [0.4, 0.5) is 23.7 Å². The summed E-state index contributed by atoms with van der Waals surface area (Å²) in [6.07, 6.45) is -4.07. The van der Waals surface area contributed by atoms with E-state index in [0.29, 0.717) is 13.1 Å². The second-order valence-corrected chi connectivity index (χ2v) is 9.40. The van der Waals surface area contributed by atoms with Crippen molar-refractivity contribution in [3.63, 3.8) is 0 Å².